The zero-order chi connectivity index (χ0) is 36.0. The van der Waals surface area contributed by atoms with E-state index in [0.29, 0.717) is 68.2 Å². The van der Waals surface area contributed by atoms with Gasteiger partial charge in [0.1, 0.15) is 17.6 Å². The van der Waals surface area contributed by atoms with Crippen LogP contribution in [0.3, 0.4) is 0 Å². The number of anilines is 1. The number of rotatable bonds is 12. The molecule has 270 valence electrons. The van der Waals surface area contributed by atoms with E-state index in [-0.39, 0.29) is 23.1 Å². The average Bonchev–Trinajstić information content (AvgIpc) is 3.43. The summed E-state index contributed by atoms with van der Waals surface area (Å²) in [7, 11) is -4.26. The fraction of sp³-hybridized carbons (Fsp3) is 0.579. The van der Waals surface area contributed by atoms with Crippen LogP contribution < -0.4 is 30.2 Å². The van der Waals surface area contributed by atoms with Crippen LogP contribution in [0, 0.1) is 0 Å². The molecule has 50 heavy (non-hydrogen) atoms. The third-order valence-electron chi connectivity index (χ3n) is 10.8. The largest absolute Gasteiger partial charge is 0.452 e. The van der Waals surface area contributed by atoms with E-state index in [0.717, 1.165) is 42.4 Å². The number of nitrogens with zero attached hydrogens (tertiary/aromatic N) is 4. The Morgan fingerprint density at radius 2 is 1.86 bits per heavy atom. The van der Waals surface area contributed by atoms with Crippen molar-refractivity contribution < 1.29 is 27.3 Å². The second-order valence-electron chi connectivity index (χ2n) is 15.6. The molecule has 0 aliphatic carbocycles. The van der Waals surface area contributed by atoms with Gasteiger partial charge in [0.2, 0.25) is 17.2 Å². The number of nitrogens with one attached hydrogen (secondary N) is 1. The van der Waals surface area contributed by atoms with Gasteiger partial charge in [0.05, 0.1) is 11.8 Å². The van der Waals surface area contributed by atoms with Crippen molar-refractivity contribution in [2.75, 3.05) is 43.4 Å². The summed E-state index contributed by atoms with van der Waals surface area (Å²) in [5.74, 6) is 0.690. The normalized spacial score (nSPS) is 21.5. The van der Waals surface area contributed by atoms with Crippen LogP contribution in [-0.2, 0) is 19.7 Å². The predicted octanol–water partition coefficient (Wildman–Crippen LogP) is 4.58. The Morgan fingerprint density at radius 3 is 2.56 bits per heavy atom. The first kappa shape index (κ1) is 36.0. The Balaban J connectivity index is 1.33. The molecule has 0 aromatic heterocycles. The Labute approximate surface area is 295 Å². The highest BCUT2D eigenvalue weighted by Crippen LogP contribution is 2.49. The smallest absolute Gasteiger partial charge is 0.265 e. The number of amides is 2. The van der Waals surface area contributed by atoms with Crippen molar-refractivity contribution in [3.8, 4) is 11.5 Å². The molecule has 4 aliphatic rings. The highest BCUT2D eigenvalue weighted by Gasteiger charge is 2.42. The Bertz CT molecular complexity index is 1950. The highest BCUT2D eigenvalue weighted by atomic mass is 32.2. The van der Waals surface area contributed by atoms with Crippen molar-refractivity contribution >= 4 is 33.3 Å². The van der Waals surface area contributed by atoms with E-state index in [1.54, 1.807) is 11.0 Å². The van der Waals surface area contributed by atoms with E-state index in [1.165, 1.54) is 11.3 Å². The molecule has 11 nitrogen and oxygen atoms in total. The molecule has 0 radical (unpaired) electrons. The number of hydrogen-bond acceptors (Lipinski definition) is 7. The maximum Gasteiger partial charge on any atom is 0.265 e. The van der Waals surface area contributed by atoms with Gasteiger partial charge < -0.3 is 19.9 Å². The van der Waals surface area contributed by atoms with Crippen LogP contribution in [0.4, 0.5) is 11.4 Å². The minimum absolute atomic E-state index is 0.00800. The number of benzene rings is 2. The maximum atomic E-state index is 12.7. The summed E-state index contributed by atoms with van der Waals surface area (Å²) >= 11 is 0. The van der Waals surface area contributed by atoms with Gasteiger partial charge in [0.25, 0.3) is 10.1 Å². The molecular weight excluding hydrogens is 655 g/mol. The minimum atomic E-state index is -4.26. The van der Waals surface area contributed by atoms with Crippen LogP contribution in [0.25, 0.3) is 0 Å². The number of ether oxygens (including phenoxy) is 1. The highest BCUT2D eigenvalue weighted by molar-refractivity contribution is 7.85. The molecule has 4 heterocycles. The maximum absolute atomic E-state index is 12.7. The first-order valence-electron chi connectivity index (χ1n) is 18.0. The van der Waals surface area contributed by atoms with Crippen LogP contribution in [0.15, 0.2) is 41.4 Å². The number of carbonyl (C=O) groups excluding carboxylic acids is 2. The van der Waals surface area contributed by atoms with Crippen molar-refractivity contribution in [2.45, 2.75) is 103 Å². The van der Waals surface area contributed by atoms with E-state index >= 15 is 0 Å². The van der Waals surface area contributed by atoms with Crippen LogP contribution in [0.2, 0.25) is 0 Å². The second-order valence-corrected chi connectivity index (χ2v) is 17.1. The molecule has 0 spiro atoms. The number of carbonyl (C=O) groups is 2. The molecule has 0 fully saturated rings. The van der Waals surface area contributed by atoms with E-state index in [2.05, 4.69) is 68.5 Å². The number of unbranched alkanes of at least 4 members (excludes halogenated alkanes) is 1. The quantitative estimate of drug-likeness (QED) is 0.208. The van der Waals surface area contributed by atoms with Crippen molar-refractivity contribution in [1.82, 2.24) is 14.8 Å². The summed E-state index contributed by atoms with van der Waals surface area (Å²) in [4.78, 5) is 33.8. The van der Waals surface area contributed by atoms with E-state index in [9.17, 15) is 22.6 Å². The standard InChI is InChI=1S/C38H51N5O6S/c1-7-8-15-42-31-20-33-29(18-27(31)25(2)22-37(42,3)4)40-30-19-28-26(24-50(46,47)48)23-38(5,6)43(32(28)21-34(30)49-33)16-9-11-35(44)39-13-17-41-14-10-12-36(41)45/h10,12,18-21,25-26H,7-9,11,13-17,22-24H2,1-6H3,(H-,39,44,46,47,48)/p+1. The Morgan fingerprint density at radius 1 is 1.08 bits per heavy atom. The van der Waals surface area contributed by atoms with Crippen molar-refractivity contribution in [2.24, 2.45) is 4.99 Å². The molecule has 2 atom stereocenters. The van der Waals surface area contributed by atoms with Gasteiger partial charge in [-0.25, -0.2) is 9.57 Å². The lowest BCUT2D eigenvalue weighted by atomic mass is 9.79. The monoisotopic (exact) mass is 706 g/mol. The molecule has 0 saturated heterocycles. The zero-order valence-electron chi connectivity index (χ0n) is 30.3. The first-order chi connectivity index (χ1) is 23.6. The minimum Gasteiger partial charge on any atom is -0.452 e. The molecule has 2 unspecified atom stereocenters. The molecule has 2 aromatic rings. The summed E-state index contributed by atoms with van der Waals surface area (Å²) in [5.41, 5.74) is 3.54. The second kappa shape index (κ2) is 13.7. The summed E-state index contributed by atoms with van der Waals surface area (Å²) in [6.07, 6.45) is 7.98. The van der Waals surface area contributed by atoms with E-state index in [1.807, 2.05) is 18.2 Å². The van der Waals surface area contributed by atoms with Gasteiger partial charge in [0, 0.05) is 80.3 Å². The molecule has 12 heteroatoms. The molecule has 2 amide bonds. The molecule has 4 aliphatic heterocycles. The molecule has 2 aromatic carbocycles. The molecule has 2 N–H and O–H groups in total. The van der Waals surface area contributed by atoms with Crippen molar-refractivity contribution in [1.29, 1.82) is 0 Å². The van der Waals surface area contributed by atoms with Crippen LogP contribution in [0.1, 0.15) is 103 Å². The van der Waals surface area contributed by atoms with Gasteiger partial charge in [0.15, 0.2) is 17.0 Å². The number of hydrogen-bond donors (Lipinski definition) is 2. The fourth-order valence-corrected chi connectivity index (χ4v) is 9.23. The van der Waals surface area contributed by atoms with Gasteiger partial charge in [-0.15, -0.1) is 0 Å². The third-order valence-corrected chi connectivity index (χ3v) is 11.6. The van der Waals surface area contributed by atoms with Crippen molar-refractivity contribution in [3.63, 3.8) is 0 Å². The zero-order valence-corrected chi connectivity index (χ0v) is 31.1. The summed E-state index contributed by atoms with van der Waals surface area (Å²) in [6.45, 7) is 16.2. The van der Waals surface area contributed by atoms with Gasteiger partial charge in [-0.05, 0) is 64.2 Å². The van der Waals surface area contributed by atoms with Gasteiger partial charge >= 0.3 is 0 Å². The summed E-state index contributed by atoms with van der Waals surface area (Å²) in [5, 5.41) is 4.38. The summed E-state index contributed by atoms with van der Waals surface area (Å²) in [6, 6.07) is 8.17. The van der Waals surface area contributed by atoms with Gasteiger partial charge in [-0.3, -0.25) is 14.1 Å². The topological polar surface area (TPSA) is 132 Å². The first-order valence-corrected chi connectivity index (χ1v) is 19.7. The lowest BCUT2D eigenvalue weighted by molar-refractivity contribution is -0.125. The predicted molar refractivity (Wildman–Crippen MR) is 195 cm³/mol. The summed E-state index contributed by atoms with van der Waals surface area (Å²) < 4.78 is 43.2. The lowest BCUT2D eigenvalue weighted by Crippen LogP contribution is -2.54. The fourth-order valence-electron chi connectivity index (χ4n) is 8.43. The average molecular weight is 707 g/mol. The lowest BCUT2D eigenvalue weighted by Gasteiger charge is -2.48. The molecule has 0 bridgehead atoms. The van der Waals surface area contributed by atoms with Gasteiger partial charge in [-0.1, -0.05) is 26.3 Å². The Hall–Kier alpha value is -3.77. The van der Waals surface area contributed by atoms with E-state index < -0.39 is 21.6 Å². The third kappa shape index (κ3) is 7.46. The van der Waals surface area contributed by atoms with Crippen molar-refractivity contribution in [3.05, 3.63) is 58.3 Å². The molecular formula is C38H52N5O6S+. The Kier molecular flexibility index (Phi) is 9.91. The van der Waals surface area contributed by atoms with E-state index in [4.69, 9.17) is 9.73 Å². The van der Waals surface area contributed by atoms with Crippen LogP contribution in [0.5, 0.6) is 11.5 Å². The number of fused-ring (bicyclic) bond motifs is 4. The van der Waals surface area contributed by atoms with Crippen LogP contribution in [-0.4, -0.2) is 79.2 Å². The van der Waals surface area contributed by atoms with Gasteiger partial charge in [-0.2, -0.15) is 8.42 Å². The molecule has 6 rings (SSSR count). The van der Waals surface area contributed by atoms with Crippen LogP contribution >= 0.6 is 0 Å². The molecule has 0 saturated carbocycles. The SMILES string of the molecule is CCCCN1c2cc3c(cc2C(C)CC1(C)C)N=c1cc2c(cc1O3)=[N+](CCCC(=O)NCCN1CC=CC1=O)C(C)(C)CC2CS(=O)(=O)O.